The van der Waals surface area contributed by atoms with Crippen molar-refractivity contribution in [3.05, 3.63) is 58.1 Å². The summed E-state index contributed by atoms with van der Waals surface area (Å²) in [5.41, 5.74) is 4.72. The Morgan fingerprint density at radius 2 is 2.18 bits per heavy atom. The van der Waals surface area contributed by atoms with Gasteiger partial charge in [-0.15, -0.1) is 11.3 Å². The van der Waals surface area contributed by atoms with Gasteiger partial charge in [-0.25, -0.2) is 4.98 Å². The Morgan fingerprint density at radius 3 is 3.00 bits per heavy atom. The Kier molecular flexibility index (Phi) is 5.36. The molecule has 1 atom stereocenters. The summed E-state index contributed by atoms with van der Waals surface area (Å²) in [7, 11) is 3.66. The number of benzene rings is 2. The number of amides is 1. The van der Waals surface area contributed by atoms with E-state index >= 15 is 0 Å². The standard InChI is InChI=1S/C23H26N2O2S/c1-15-24-20-11-10-16(12-22(20)28-15)13-23(26)25(2)14-17-6-4-8-19-18(17)7-5-9-21(19)27-3/h5,7,9-12,17H,4,6,8,13-14H2,1-3H3/t17-/m0/s1. The van der Waals surface area contributed by atoms with Gasteiger partial charge in [-0.1, -0.05) is 18.2 Å². The molecule has 1 aliphatic carbocycles. The van der Waals surface area contributed by atoms with Crippen LogP contribution in [-0.4, -0.2) is 36.5 Å². The van der Waals surface area contributed by atoms with E-state index in [0.717, 1.165) is 52.3 Å². The molecule has 0 radical (unpaired) electrons. The van der Waals surface area contributed by atoms with Crippen LogP contribution in [0.5, 0.6) is 5.75 Å². The zero-order valence-corrected chi connectivity index (χ0v) is 17.5. The van der Waals surface area contributed by atoms with Crippen molar-refractivity contribution in [2.24, 2.45) is 0 Å². The van der Waals surface area contributed by atoms with Gasteiger partial charge in [0.05, 0.1) is 28.8 Å². The molecule has 4 nitrogen and oxygen atoms in total. The van der Waals surface area contributed by atoms with E-state index in [1.54, 1.807) is 18.4 Å². The minimum atomic E-state index is 0.163. The molecule has 146 valence electrons. The maximum Gasteiger partial charge on any atom is 0.226 e. The summed E-state index contributed by atoms with van der Waals surface area (Å²) < 4.78 is 6.70. The number of carbonyl (C=O) groups is 1. The van der Waals surface area contributed by atoms with Crippen LogP contribution in [-0.2, 0) is 17.6 Å². The van der Waals surface area contributed by atoms with Gasteiger partial charge >= 0.3 is 0 Å². The number of aryl methyl sites for hydroxylation is 1. The fourth-order valence-electron chi connectivity index (χ4n) is 4.23. The summed E-state index contributed by atoms with van der Waals surface area (Å²) in [5, 5.41) is 1.06. The second kappa shape index (κ2) is 7.92. The molecule has 5 heteroatoms. The van der Waals surface area contributed by atoms with Crippen LogP contribution in [0.2, 0.25) is 0 Å². The number of hydrogen-bond acceptors (Lipinski definition) is 4. The number of thiazole rings is 1. The molecular formula is C23H26N2O2S. The molecule has 0 saturated heterocycles. The Morgan fingerprint density at radius 1 is 1.32 bits per heavy atom. The van der Waals surface area contributed by atoms with Gasteiger partial charge in [0.25, 0.3) is 0 Å². The van der Waals surface area contributed by atoms with Crippen LogP contribution in [0.1, 0.15) is 40.5 Å². The molecule has 1 aromatic heterocycles. The van der Waals surface area contributed by atoms with E-state index in [0.29, 0.717) is 12.3 Å². The average molecular weight is 395 g/mol. The fourth-order valence-corrected chi connectivity index (χ4v) is 5.12. The van der Waals surface area contributed by atoms with Gasteiger partial charge in [-0.05, 0) is 61.1 Å². The van der Waals surface area contributed by atoms with Crippen molar-refractivity contribution in [1.29, 1.82) is 0 Å². The highest BCUT2D eigenvalue weighted by molar-refractivity contribution is 7.18. The number of rotatable bonds is 5. The molecule has 28 heavy (non-hydrogen) atoms. The Bertz CT molecular complexity index is 1010. The lowest BCUT2D eigenvalue weighted by molar-refractivity contribution is -0.129. The SMILES string of the molecule is COc1cccc2c1CCC[C@H]2CN(C)C(=O)Cc1ccc2nc(C)sc2c1. The van der Waals surface area contributed by atoms with Gasteiger partial charge in [0.1, 0.15) is 5.75 Å². The molecule has 1 amide bonds. The van der Waals surface area contributed by atoms with Gasteiger partial charge in [-0.3, -0.25) is 4.79 Å². The highest BCUT2D eigenvalue weighted by Gasteiger charge is 2.25. The highest BCUT2D eigenvalue weighted by atomic mass is 32.1. The van der Waals surface area contributed by atoms with Crippen LogP contribution in [0.4, 0.5) is 0 Å². The quantitative estimate of drug-likeness (QED) is 0.628. The lowest BCUT2D eigenvalue weighted by atomic mass is 9.82. The molecule has 0 aliphatic heterocycles. The molecule has 0 unspecified atom stereocenters. The van der Waals surface area contributed by atoms with Gasteiger partial charge in [-0.2, -0.15) is 0 Å². The molecule has 1 heterocycles. The predicted molar refractivity (Wildman–Crippen MR) is 114 cm³/mol. The first-order valence-electron chi connectivity index (χ1n) is 9.81. The molecular weight excluding hydrogens is 368 g/mol. The van der Waals surface area contributed by atoms with Crippen LogP contribution < -0.4 is 4.74 Å². The molecule has 0 bridgehead atoms. The van der Waals surface area contributed by atoms with E-state index in [4.69, 9.17) is 4.74 Å². The Balaban J connectivity index is 1.46. The van der Waals surface area contributed by atoms with E-state index < -0.39 is 0 Å². The summed E-state index contributed by atoms with van der Waals surface area (Å²) in [6.07, 6.45) is 3.74. The van der Waals surface area contributed by atoms with Crippen molar-refractivity contribution < 1.29 is 9.53 Å². The van der Waals surface area contributed by atoms with E-state index in [1.165, 1.54) is 11.1 Å². The number of fused-ring (bicyclic) bond motifs is 2. The summed E-state index contributed by atoms with van der Waals surface area (Å²) in [6.45, 7) is 2.77. The largest absolute Gasteiger partial charge is 0.496 e. The van der Waals surface area contributed by atoms with Crippen LogP contribution in [0.25, 0.3) is 10.2 Å². The van der Waals surface area contributed by atoms with Crippen molar-refractivity contribution in [2.75, 3.05) is 20.7 Å². The second-order valence-corrected chi connectivity index (χ2v) is 8.84. The van der Waals surface area contributed by atoms with Gasteiger partial charge in [0.2, 0.25) is 5.91 Å². The maximum absolute atomic E-state index is 12.9. The summed E-state index contributed by atoms with van der Waals surface area (Å²) in [6, 6.07) is 12.4. The van der Waals surface area contributed by atoms with Crippen LogP contribution in [0.15, 0.2) is 36.4 Å². The number of carbonyl (C=O) groups excluding carboxylic acids is 1. The van der Waals surface area contributed by atoms with Crippen LogP contribution in [0.3, 0.4) is 0 Å². The van der Waals surface area contributed by atoms with Gasteiger partial charge < -0.3 is 9.64 Å². The Hall–Kier alpha value is -2.40. The molecule has 0 fully saturated rings. The average Bonchev–Trinajstić information content (AvgIpc) is 3.07. The predicted octanol–water partition coefficient (Wildman–Crippen LogP) is 4.73. The molecule has 0 saturated carbocycles. The third-order valence-corrected chi connectivity index (χ3v) is 6.58. The van der Waals surface area contributed by atoms with E-state index in [9.17, 15) is 4.79 Å². The van der Waals surface area contributed by atoms with E-state index in [1.807, 2.05) is 37.1 Å². The van der Waals surface area contributed by atoms with Gasteiger partial charge in [0.15, 0.2) is 0 Å². The monoisotopic (exact) mass is 394 g/mol. The minimum Gasteiger partial charge on any atom is -0.496 e. The van der Waals surface area contributed by atoms with Crippen molar-refractivity contribution in [3.8, 4) is 5.75 Å². The van der Waals surface area contributed by atoms with Crippen molar-refractivity contribution in [2.45, 2.75) is 38.5 Å². The molecule has 2 aromatic carbocycles. The van der Waals surface area contributed by atoms with Crippen LogP contribution >= 0.6 is 11.3 Å². The second-order valence-electron chi connectivity index (χ2n) is 7.60. The maximum atomic E-state index is 12.9. The summed E-state index contributed by atoms with van der Waals surface area (Å²) in [4.78, 5) is 19.2. The topological polar surface area (TPSA) is 42.4 Å². The molecule has 4 rings (SSSR count). The number of nitrogens with zero attached hydrogens (tertiary/aromatic N) is 2. The van der Waals surface area contributed by atoms with E-state index in [-0.39, 0.29) is 5.91 Å². The zero-order chi connectivity index (χ0) is 19.7. The lowest BCUT2D eigenvalue weighted by Crippen LogP contribution is -2.33. The molecule has 0 N–H and O–H groups in total. The van der Waals surface area contributed by atoms with Crippen molar-refractivity contribution in [1.82, 2.24) is 9.88 Å². The van der Waals surface area contributed by atoms with Crippen molar-refractivity contribution >= 4 is 27.5 Å². The number of methoxy groups -OCH3 is 1. The summed E-state index contributed by atoms with van der Waals surface area (Å²) >= 11 is 1.68. The number of ether oxygens (including phenoxy) is 1. The number of likely N-dealkylation sites (N-methyl/N-ethyl adjacent to an activating group) is 1. The first kappa shape index (κ1) is 18.9. The minimum absolute atomic E-state index is 0.163. The third kappa shape index (κ3) is 3.76. The molecule has 0 spiro atoms. The number of hydrogen-bond donors (Lipinski definition) is 0. The smallest absolute Gasteiger partial charge is 0.226 e. The van der Waals surface area contributed by atoms with E-state index in [2.05, 4.69) is 23.2 Å². The normalized spacial score (nSPS) is 16.0. The first-order chi connectivity index (χ1) is 13.5. The van der Waals surface area contributed by atoms with Crippen LogP contribution in [0, 0.1) is 6.92 Å². The highest BCUT2D eigenvalue weighted by Crippen LogP contribution is 2.37. The number of aromatic nitrogens is 1. The summed E-state index contributed by atoms with van der Waals surface area (Å²) in [5.74, 6) is 1.51. The first-order valence-corrected chi connectivity index (χ1v) is 10.6. The van der Waals surface area contributed by atoms with Crippen molar-refractivity contribution in [3.63, 3.8) is 0 Å². The third-order valence-electron chi connectivity index (χ3n) is 5.64. The zero-order valence-electron chi connectivity index (χ0n) is 16.7. The Labute approximate surface area is 170 Å². The fraction of sp³-hybridized carbons (Fsp3) is 0.391. The van der Waals surface area contributed by atoms with Gasteiger partial charge in [0, 0.05) is 19.5 Å². The molecule has 1 aliphatic rings. The lowest BCUT2D eigenvalue weighted by Gasteiger charge is -2.30. The molecule has 3 aromatic rings.